The Morgan fingerprint density at radius 3 is 2.56 bits per heavy atom. The van der Waals surface area contributed by atoms with Crippen LogP contribution in [0.25, 0.3) is 0 Å². The van der Waals surface area contributed by atoms with E-state index in [0.717, 1.165) is 32.1 Å². The summed E-state index contributed by atoms with van der Waals surface area (Å²) in [6.07, 6.45) is -1.72. The molecule has 0 aliphatic carbocycles. The van der Waals surface area contributed by atoms with Crippen molar-refractivity contribution in [1.29, 1.82) is 0 Å². The smallest absolute Gasteiger partial charge is 0.417 e. The standard InChI is InChI=1S/C21H22Cl2F3N3O3/c22-17-3-2-14(10-18(17)23)32-13-4-8-29(9-5-13)7-1-6-27-20(31)15-12-28-19(30)11-16(15)21(24,25)26/h2-3,10-13H,1,4-9H2,(H,27,31)(H,28,30). The van der Waals surface area contributed by atoms with Crippen LogP contribution in [0.3, 0.4) is 0 Å². The van der Waals surface area contributed by atoms with E-state index in [1.807, 2.05) is 0 Å². The van der Waals surface area contributed by atoms with Gasteiger partial charge >= 0.3 is 6.18 Å². The predicted molar refractivity (Wildman–Crippen MR) is 116 cm³/mol. The van der Waals surface area contributed by atoms with Crippen molar-refractivity contribution in [2.75, 3.05) is 26.2 Å². The summed E-state index contributed by atoms with van der Waals surface area (Å²) in [6, 6.07) is 5.54. The molecular weight excluding hydrogens is 470 g/mol. The minimum atomic E-state index is -4.79. The van der Waals surface area contributed by atoms with Crippen LogP contribution in [0.2, 0.25) is 10.0 Å². The molecule has 1 amide bonds. The van der Waals surface area contributed by atoms with Crippen LogP contribution in [0.4, 0.5) is 13.2 Å². The highest BCUT2D eigenvalue weighted by molar-refractivity contribution is 6.42. The van der Waals surface area contributed by atoms with Crippen molar-refractivity contribution in [3.63, 3.8) is 0 Å². The average molecular weight is 492 g/mol. The van der Waals surface area contributed by atoms with Crippen LogP contribution in [0.5, 0.6) is 5.75 Å². The van der Waals surface area contributed by atoms with E-state index in [4.69, 9.17) is 27.9 Å². The van der Waals surface area contributed by atoms with Gasteiger partial charge in [-0.1, -0.05) is 23.2 Å². The Labute approximate surface area is 192 Å². The normalized spacial score (nSPS) is 15.5. The van der Waals surface area contributed by atoms with Crippen LogP contribution in [0.15, 0.2) is 35.3 Å². The molecule has 2 heterocycles. The van der Waals surface area contributed by atoms with E-state index < -0.39 is 28.8 Å². The number of halogens is 5. The van der Waals surface area contributed by atoms with Crippen molar-refractivity contribution in [2.45, 2.75) is 31.5 Å². The van der Waals surface area contributed by atoms with Gasteiger partial charge in [0.1, 0.15) is 11.9 Å². The van der Waals surface area contributed by atoms with Crippen molar-refractivity contribution in [2.24, 2.45) is 0 Å². The molecule has 11 heteroatoms. The lowest BCUT2D eigenvalue weighted by Gasteiger charge is -2.32. The number of alkyl halides is 3. The number of nitrogens with one attached hydrogen (secondary N) is 2. The zero-order valence-corrected chi connectivity index (χ0v) is 18.5. The van der Waals surface area contributed by atoms with Gasteiger partial charge in [-0.05, 0) is 37.9 Å². The number of aromatic nitrogens is 1. The van der Waals surface area contributed by atoms with Gasteiger partial charge in [0, 0.05) is 38.0 Å². The van der Waals surface area contributed by atoms with Gasteiger partial charge in [-0.25, -0.2) is 0 Å². The molecule has 6 nitrogen and oxygen atoms in total. The molecule has 2 aromatic rings. The van der Waals surface area contributed by atoms with E-state index in [1.54, 1.807) is 18.2 Å². The first-order valence-electron chi connectivity index (χ1n) is 10.1. The second-order valence-electron chi connectivity index (χ2n) is 7.47. The second-order valence-corrected chi connectivity index (χ2v) is 8.28. The number of piperidine rings is 1. The molecule has 1 aliphatic heterocycles. The number of ether oxygens (including phenoxy) is 1. The summed E-state index contributed by atoms with van der Waals surface area (Å²) in [5.74, 6) is -0.205. The third kappa shape index (κ3) is 6.63. The molecule has 0 spiro atoms. The first-order valence-corrected chi connectivity index (χ1v) is 10.8. The SMILES string of the molecule is O=C(NCCCN1CCC(Oc2ccc(Cl)c(Cl)c2)CC1)c1c[nH]c(=O)cc1C(F)(F)F. The van der Waals surface area contributed by atoms with Gasteiger partial charge in [0.05, 0.1) is 21.2 Å². The fourth-order valence-electron chi connectivity index (χ4n) is 3.49. The molecule has 1 aromatic heterocycles. The third-order valence-electron chi connectivity index (χ3n) is 5.14. The number of hydrogen-bond acceptors (Lipinski definition) is 4. The second kappa shape index (κ2) is 10.6. The van der Waals surface area contributed by atoms with Gasteiger partial charge in [0.2, 0.25) is 5.56 Å². The van der Waals surface area contributed by atoms with Crippen LogP contribution in [-0.4, -0.2) is 48.1 Å². The highest BCUT2D eigenvalue weighted by Gasteiger charge is 2.35. The Kier molecular flexibility index (Phi) is 8.08. The number of aromatic amines is 1. The van der Waals surface area contributed by atoms with Gasteiger partial charge < -0.3 is 19.9 Å². The lowest BCUT2D eigenvalue weighted by atomic mass is 10.1. The molecule has 1 saturated heterocycles. The van der Waals surface area contributed by atoms with Crippen LogP contribution >= 0.6 is 23.2 Å². The largest absolute Gasteiger partial charge is 0.490 e. The van der Waals surface area contributed by atoms with E-state index in [0.29, 0.717) is 34.8 Å². The number of nitrogens with zero attached hydrogens (tertiary/aromatic N) is 1. The Morgan fingerprint density at radius 1 is 1.19 bits per heavy atom. The predicted octanol–water partition coefficient (Wildman–Crippen LogP) is 4.36. The maximum absolute atomic E-state index is 13.1. The molecule has 1 aromatic carbocycles. The molecular formula is C21H22Cl2F3N3O3. The van der Waals surface area contributed by atoms with Crippen molar-refractivity contribution in [3.05, 3.63) is 62.0 Å². The van der Waals surface area contributed by atoms with Crippen molar-refractivity contribution >= 4 is 29.1 Å². The number of H-pyrrole nitrogens is 1. The summed E-state index contributed by atoms with van der Waals surface area (Å²) in [6.45, 7) is 2.52. The van der Waals surface area contributed by atoms with Gasteiger partial charge in [-0.15, -0.1) is 0 Å². The molecule has 3 rings (SSSR count). The molecule has 174 valence electrons. The van der Waals surface area contributed by atoms with Gasteiger partial charge in [-0.2, -0.15) is 13.2 Å². The number of hydrogen-bond donors (Lipinski definition) is 2. The minimum absolute atomic E-state index is 0.0595. The summed E-state index contributed by atoms with van der Waals surface area (Å²) in [5.41, 5.74) is -2.76. The molecule has 0 bridgehead atoms. The number of amides is 1. The summed E-state index contributed by atoms with van der Waals surface area (Å²) in [4.78, 5) is 27.7. The van der Waals surface area contributed by atoms with Gasteiger partial charge in [0.15, 0.2) is 0 Å². The summed E-state index contributed by atoms with van der Waals surface area (Å²) in [5, 5.41) is 3.39. The average Bonchev–Trinajstić information content (AvgIpc) is 2.74. The first-order chi connectivity index (χ1) is 15.1. The van der Waals surface area contributed by atoms with E-state index >= 15 is 0 Å². The minimum Gasteiger partial charge on any atom is -0.490 e. The molecule has 0 atom stereocenters. The molecule has 32 heavy (non-hydrogen) atoms. The number of benzene rings is 1. The van der Waals surface area contributed by atoms with Crippen LogP contribution < -0.4 is 15.6 Å². The molecule has 2 N–H and O–H groups in total. The zero-order chi connectivity index (χ0) is 23.3. The third-order valence-corrected chi connectivity index (χ3v) is 5.88. The maximum atomic E-state index is 13.1. The maximum Gasteiger partial charge on any atom is 0.417 e. The lowest BCUT2D eigenvalue weighted by molar-refractivity contribution is -0.138. The molecule has 0 unspecified atom stereocenters. The number of likely N-dealkylation sites (tertiary alicyclic amines) is 1. The number of rotatable bonds is 7. The van der Waals surface area contributed by atoms with Crippen molar-refractivity contribution < 1.29 is 22.7 Å². The fraction of sp³-hybridized carbons (Fsp3) is 0.429. The Balaban J connectivity index is 1.40. The quantitative estimate of drug-likeness (QED) is 0.564. The monoisotopic (exact) mass is 491 g/mol. The highest BCUT2D eigenvalue weighted by atomic mass is 35.5. The van der Waals surface area contributed by atoms with Crippen LogP contribution in [0.1, 0.15) is 35.2 Å². The van der Waals surface area contributed by atoms with Crippen molar-refractivity contribution in [3.8, 4) is 5.75 Å². The van der Waals surface area contributed by atoms with Crippen LogP contribution in [0, 0.1) is 0 Å². The number of pyridine rings is 1. The van der Waals surface area contributed by atoms with Crippen molar-refractivity contribution in [1.82, 2.24) is 15.2 Å². The first kappa shape index (κ1) is 24.4. The molecule has 0 radical (unpaired) electrons. The Bertz CT molecular complexity index is 1010. The number of carbonyl (C=O) groups excluding carboxylic acids is 1. The molecule has 0 saturated carbocycles. The van der Waals surface area contributed by atoms with E-state index in [2.05, 4.69) is 15.2 Å². The van der Waals surface area contributed by atoms with Gasteiger partial charge in [-0.3, -0.25) is 9.59 Å². The summed E-state index contributed by atoms with van der Waals surface area (Å²) >= 11 is 11.9. The Hall–Kier alpha value is -2.23. The summed E-state index contributed by atoms with van der Waals surface area (Å²) in [7, 11) is 0. The number of carbonyl (C=O) groups is 1. The zero-order valence-electron chi connectivity index (χ0n) is 17.0. The van der Waals surface area contributed by atoms with E-state index in [1.165, 1.54) is 0 Å². The Morgan fingerprint density at radius 2 is 1.91 bits per heavy atom. The molecule has 1 fully saturated rings. The molecule has 1 aliphatic rings. The highest BCUT2D eigenvalue weighted by Crippen LogP contribution is 2.31. The van der Waals surface area contributed by atoms with Gasteiger partial charge in [0.25, 0.3) is 5.91 Å². The lowest BCUT2D eigenvalue weighted by Crippen LogP contribution is -2.39. The summed E-state index contributed by atoms with van der Waals surface area (Å²) < 4.78 is 45.1. The topological polar surface area (TPSA) is 74.4 Å². The van der Waals surface area contributed by atoms with E-state index in [9.17, 15) is 22.8 Å². The van der Waals surface area contributed by atoms with Crippen LogP contribution in [-0.2, 0) is 6.18 Å². The van der Waals surface area contributed by atoms with E-state index in [-0.39, 0.29) is 12.6 Å². The fourth-order valence-corrected chi connectivity index (χ4v) is 3.78.